The Bertz CT molecular complexity index is 668. The number of benzene rings is 1. The number of hydrogen-bond acceptors (Lipinski definition) is 4. The Labute approximate surface area is 128 Å². The van der Waals surface area contributed by atoms with Gasteiger partial charge in [0, 0.05) is 29.5 Å². The van der Waals surface area contributed by atoms with Crippen LogP contribution in [0.5, 0.6) is 0 Å². The second-order valence-corrected chi connectivity index (χ2v) is 5.75. The largest absolute Gasteiger partial charge is 0.348 e. The first kappa shape index (κ1) is 14.3. The normalized spacial score (nSPS) is 17.0. The highest BCUT2D eigenvalue weighted by Gasteiger charge is 2.20. The maximum absolute atomic E-state index is 12.3. The topological polar surface area (TPSA) is 71.2 Å². The van der Waals surface area contributed by atoms with Crippen LogP contribution >= 0.6 is 11.6 Å². The molecule has 1 amide bonds. The lowest BCUT2D eigenvalue weighted by molar-refractivity contribution is 0.0906. The van der Waals surface area contributed by atoms with Crippen molar-refractivity contribution in [1.82, 2.24) is 15.3 Å². The molecule has 110 valence electrons. The molecular weight excluding hydrogens is 288 g/mol. The van der Waals surface area contributed by atoms with E-state index in [-0.39, 0.29) is 11.9 Å². The van der Waals surface area contributed by atoms with Crippen molar-refractivity contribution in [2.24, 2.45) is 5.84 Å². The van der Waals surface area contributed by atoms with Crippen LogP contribution in [0, 0.1) is 0 Å². The molecule has 3 N–H and O–H groups in total. The average molecular weight is 305 g/mol. The van der Waals surface area contributed by atoms with Crippen molar-refractivity contribution in [2.75, 3.05) is 13.1 Å². The molecule has 1 fully saturated rings. The highest BCUT2D eigenvalue weighted by molar-refractivity contribution is 6.31. The van der Waals surface area contributed by atoms with Crippen LogP contribution in [0.1, 0.15) is 23.3 Å². The van der Waals surface area contributed by atoms with Gasteiger partial charge in [0.25, 0.3) is 5.91 Å². The number of hydrogen-bond donors (Lipinski definition) is 2. The zero-order chi connectivity index (χ0) is 14.8. The predicted molar refractivity (Wildman–Crippen MR) is 83.0 cm³/mol. The summed E-state index contributed by atoms with van der Waals surface area (Å²) in [7, 11) is 0. The molecule has 0 saturated carbocycles. The summed E-state index contributed by atoms with van der Waals surface area (Å²) in [6, 6.07) is 9.19. The number of pyridine rings is 1. The van der Waals surface area contributed by atoms with E-state index in [4.69, 9.17) is 17.4 Å². The Balaban J connectivity index is 1.74. The minimum atomic E-state index is -0.137. The summed E-state index contributed by atoms with van der Waals surface area (Å²) in [5.74, 6) is 5.57. The van der Waals surface area contributed by atoms with Gasteiger partial charge < -0.3 is 5.32 Å². The monoisotopic (exact) mass is 304 g/mol. The number of carbonyl (C=O) groups is 1. The number of rotatable bonds is 2. The molecule has 0 spiro atoms. The van der Waals surface area contributed by atoms with Gasteiger partial charge in [0.05, 0.1) is 5.52 Å². The van der Waals surface area contributed by atoms with Gasteiger partial charge in [-0.3, -0.25) is 10.6 Å². The molecule has 0 unspecified atom stereocenters. The smallest absolute Gasteiger partial charge is 0.270 e. The molecule has 1 aromatic heterocycles. The third-order valence-corrected chi connectivity index (χ3v) is 3.98. The van der Waals surface area contributed by atoms with Crippen LogP contribution in [0.4, 0.5) is 0 Å². The van der Waals surface area contributed by atoms with Crippen molar-refractivity contribution in [3.8, 4) is 0 Å². The molecule has 6 heteroatoms. The predicted octanol–water partition coefficient (Wildman–Crippen LogP) is 1.96. The number of aromatic nitrogens is 1. The molecular formula is C15H17ClN4O. The van der Waals surface area contributed by atoms with E-state index in [2.05, 4.69) is 10.3 Å². The zero-order valence-corrected chi connectivity index (χ0v) is 12.3. The number of nitrogens with two attached hydrogens (primary N) is 1. The van der Waals surface area contributed by atoms with Crippen LogP contribution in [0.25, 0.3) is 10.9 Å². The van der Waals surface area contributed by atoms with E-state index in [0.29, 0.717) is 10.7 Å². The van der Waals surface area contributed by atoms with Crippen LogP contribution < -0.4 is 11.2 Å². The zero-order valence-electron chi connectivity index (χ0n) is 11.6. The van der Waals surface area contributed by atoms with Crippen LogP contribution in [0.15, 0.2) is 30.3 Å². The fraction of sp³-hybridized carbons (Fsp3) is 0.333. The Morgan fingerprint density at radius 1 is 1.29 bits per heavy atom. The van der Waals surface area contributed by atoms with E-state index in [1.54, 1.807) is 17.1 Å². The highest BCUT2D eigenvalue weighted by atomic mass is 35.5. The number of carbonyl (C=O) groups excluding carboxylic acids is 1. The lowest BCUT2D eigenvalue weighted by Gasteiger charge is -2.28. The maximum atomic E-state index is 12.3. The summed E-state index contributed by atoms with van der Waals surface area (Å²) in [4.78, 5) is 16.7. The summed E-state index contributed by atoms with van der Waals surface area (Å²) in [6.45, 7) is 1.60. The van der Waals surface area contributed by atoms with Gasteiger partial charge in [-0.05, 0) is 37.1 Å². The molecule has 0 aliphatic carbocycles. The van der Waals surface area contributed by atoms with E-state index in [9.17, 15) is 4.79 Å². The van der Waals surface area contributed by atoms with Crippen molar-refractivity contribution < 1.29 is 4.79 Å². The van der Waals surface area contributed by atoms with E-state index in [1.165, 1.54) is 0 Å². The number of piperidine rings is 1. The van der Waals surface area contributed by atoms with Gasteiger partial charge in [0.15, 0.2) is 0 Å². The van der Waals surface area contributed by atoms with Gasteiger partial charge in [-0.2, -0.15) is 0 Å². The molecule has 2 aromatic rings. The van der Waals surface area contributed by atoms with Crippen molar-refractivity contribution in [3.63, 3.8) is 0 Å². The minimum absolute atomic E-state index is 0.137. The van der Waals surface area contributed by atoms with E-state index in [0.717, 1.165) is 36.8 Å². The summed E-state index contributed by atoms with van der Waals surface area (Å²) in [6.07, 6.45) is 1.73. The molecule has 1 saturated heterocycles. The molecule has 0 bridgehead atoms. The maximum Gasteiger partial charge on any atom is 0.270 e. The standard InChI is InChI=1S/C15H17ClN4O/c16-11-2-4-13-10(9-11)1-3-14(19-13)15(21)18-12-5-7-20(17)8-6-12/h1-4,9,12H,5-8,17H2,(H,18,21). The van der Waals surface area contributed by atoms with Crippen molar-refractivity contribution >= 4 is 28.4 Å². The summed E-state index contributed by atoms with van der Waals surface area (Å²) < 4.78 is 0. The lowest BCUT2D eigenvalue weighted by Crippen LogP contribution is -2.47. The summed E-state index contributed by atoms with van der Waals surface area (Å²) in [5, 5.41) is 6.39. The SMILES string of the molecule is NN1CCC(NC(=O)c2ccc3cc(Cl)ccc3n2)CC1. The lowest BCUT2D eigenvalue weighted by atomic mass is 10.1. The molecule has 0 atom stereocenters. The van der Waals surface area contributed by atoms with Gasteiger partial charge in [-0.25, -0.2) is 9.99 Å². The molecule has 1 aliphatic rings. The fourth-order valence-corrected chi connectivity index (χ4v) is 2.71. The average Bonchev–Trinajstić information content (AvgIpc) is 2.49. The van der Waals surface area contributed by atoms with Crippen molar-refractivity contribution in [3.05, 3.63) is 41.0 Å². The Hall–Kier alpha value is -1.69. The second-order valence-electron chi connectivity index (χ2n) is 5.32. The molecule has 1 aliphatic heterocycles. The Kier molecular flexibility index (Phi) is 4.05. The van der Waals surface area contributed by atoms with Crippen molar-refractivity contribution in [1.29, 1.82) is 0 Å². The molecule has 3 rings (SSSR count). The number of hydrazine groups is 1. The third-order valence-electron chi connectivity index (χ3n) is 3.75. The van der Waals surface area contributed by atoms with E-state index >= 15 is 0 Å². The third kappa shape index (κ3) is 3.32. The molecule has 2 heterocycles. The van der Waals surface area contributed by atoms with Gasteiger partial charge in [0.2, 0.25) is 0 Å². The van der Waals surface area contributed by atoms with Gasteiger partial charge in [-0.15, -0.1) is 0 Å². The summed E-state index contributed by atoms with van der Waals surface area (Å²) in [5.41, 5.74) is 1.20. The van der Waals surface area contributed by atoms with Gasteiger partial charge in [0.1, 0.15) is 5.69 Å². The highest BCUT2D eigenvalue weighted by Crippen LogP contribution is 2.18. The quantitative estimate of drug-likeness (QED) is 0.832. The summed E-state index contributed by atoms with van der Waals surface area (Å²) >= 11 is 5.94. The first-order chi connectivity index (χ1) is 10.1. The number of fused-ring (bicyclic) bond motifs is 1. The van der Waals surface area contributed by atoms with Crippen LogP contribution in [0.3, 0.4) is 0 Å². The second kappa shape index (κ2) is 5.97. The molecule has 1 aromatic carbocycles. The Morgan fingerprint density at radius 3 is 2.81 bits per heavy atom. The molecule has 0 radical (unpaired) electrons. The van der Waals surface area contributed by atoms with Crippen molar-refractivity contribution in [2.45, 2.75) is 18.9 Å². The molecule has 5 nitrogen and oxygen atoms in total. The first-order valence-corrected chi connectivity index (χ1v) is 7.36. The van der Waals surface area contributed by atoms with Crippen LogP contribution in [0.2, 0.25) is 5.02 Å². The van der Waals surface area contributed by atoms with Crippen LogP contribution in [-0.2, 0) is 0 Å². The van der Waals surface area contributed by atoms with E-state index < -0.39 is 0 Å². The first-order valence-electron chi connectivity index (χ1n) is 6.98. The number of amides is 1. The van der Waals surface area contributed by atoms with Gasteiger partial charge in [-0.1, -0.05) is 17.7 Å². The molecule has 21 heavy (non-hydrogen) atoms. The van der Waals surface area contributed by atoms with E-state index in [1.807, 2.05) is 18.2 Å². The Morgan fingerprint density at radius 2 is 2.05 bits per heavy atom. The number of nitrogens with zero attached hydrogens (tertiary/aromatic N) is 2. The minimum Gasteiger partial charge on any atom is -0.348 e. The van der Waals surface area contributed by atoms with Gasteiger partial charge >= 0.3 is 0 Å². The number of halogens is 1. The van der Waals surface area contributed by atoms with Crippen LogP contribution in [-0.4, -0.2) is 35.0 Å². The number of nitrogens with one attached hydrogen (secondary N) is 1. The fourth-order valence-electron chi connectivity index (χ4n) is 2.53.